The molecule has 2 aliphatic heterocycles. The molecule has 1 unspecified atom stereocenters. The highest BCUT2D eigenvalue weighted by molar-refractivity contribution is 5.69. The summed E-state index contributed by atoms with van der Waals surface area (Å²) in [5.74, 6) is 0. The molecule has 0 aliphatic carbocycles. The van der Waals surface area contributed by atoms with E-state index in [9.17, 15) is 4.79 Å². The van der Waals surface area contributed by atoms with Gasteiger partial charge < -0.3 is 9.64 Å². The van der Waals surface area contributed by atoms with Gasteiger partial charge in [0.2, 0.25) is 0 Å². The molecular formula is C21H30N2O2. The zero-order chi connectivity index (χ0) is 18.0. The first-order valence-corrected chi connectivity index (χ1v) is 9.29. The van der Waals surface area contributed by atoms with E-state index < -0.39 is 5.60 Å². The Kier molecular flexibility index (Phi) is 5.19. The lowest BCUT2D eigenvalue weighted by Crippen LogP contribution is -2.61. The van der Waals surface area contributed by atoms with Crippen LogP contribution in [0.5, 0.6) is 0 Å². The molecule has 2 aliphatic rings. The van der Waals surface area contributed by atoms with Crippen molar-refractivity contribution >= 4 is 6.09 Å². The topological polar surface area (TPSA) is 32.8 Å². The first kappa shape index (κ1) is 18.0. The van der Waals surface area contributed by atoms with Gasteiger partial charge in [0.25, 0.3) is 0 Å². The van der Waals surface area contributed by atoms with Crippen molar-refractivity contribution in [3.8, 4) is 0 Å². The number of amides is 1. The molecule has 2 bridgehead atoms. The monoisotopic (exact) mass is 342 g/mol. The van der Waals surface area contributed by atoms with Crippen LogP contribution in [-0.2, 0) is 11.3 Å². The molecule has 25 heavy (non-hydrogen) atoms. The van der Waals surface area contributed by atoms with Crippen LogP contribution in [0.4, 0.5) is 4.79 Å². The molecule has 0 saturated carbocycles. The Morgan fingerprint density at radius 3 is 2.64 bits per heavy atom. The quantitative estimate of drug-likeness (QED) is 0.768. The summed E-state index contributed by atoms with van der Waals surface area (Å²) < 4.78 is 5.67. The summed E-state index contributed by atoms with van der Waals surface area (Å²) in [6.07, 6.45) is 4.83. The molecule has 3 atom stereocenters. The van der Waals surface area contributed by atoms with E-state index in [4.69, 9.17) is 4.74 Å². The summed E-state index contributed by atoms with van der Waals surface area (Å²) in [6, 6.07) is 11.5. The van der Waals surface area contributed by atoms with Gasteiger partial charge in [0.1, 0.15) is 5.60 Å². The van der Waals surface area contributed by atoms with E-state index in [1.54, 1.807) is 0 Å². The molecule has 1 aromatic rings. The first-order valence-electron chi connectivity index (χ1n) is 9.29. The van der Waals surface area contributed by atoms with Crippen molar-refractivity contribution in [2.45, 2.75) is 70.3 Å². The Morgan fingerprint density at radius 2 is 2.00 bits per heavy atom. The third-order valence-electron chi connectivity index (χ3n) is 5.19. The van der Waals surface area contributed by atoms with Gasteiger partial charge in [-0.25, -0.2) is 4.79 Å². The van der Waals surface area contributed by atoms with E-state index in [-0.39, 0.29) is 12.1 Å². The van der Waals surface area contributed by atoms with Crippen LogP contribution in [0.2, 0.25) is 0 Å². The van der Waals surface area contributed by atoms with Gasteiger partial charge in [0, 0.05) is 25.2 Å². The van der Waals surface area contributed by atoms with E-state index in [2.05, 4.69) is 41.8 Å². The Morgan fingerprint density at radius 1 is 1.28 bits per heavy atom. The number of rotatable bonds is 4. The van der Waals surface area contributed by atoms with Gasteiger partial charge in [0.15, 0.2) is 0 Å². The van der Waals surface area contributed by atoms with Gasteiger partial charge >= 0.3 is 6.09 Å². The fourth-order valence-corrected chi connectivity index (χ4v) is 4.17. The predicted octanol–water partition coefficient (Wildman–Crippen LogP) is 4.22. The van der Waals surface area contributed by atoms with Gasteiger partial charge in [-0.1, -0.05) is 36.4 Å². The fourth-order valence-electron chi connectivity index (χ4n) is 4.17. The van der Waals surface area contributed by atoms with Crippen molar-refractivity contribution in [3.63, 3.8) is 0 Å². The third kappa shape index (κ3) is 4.06. The highest BCUT2D eigenvalue weighted by Crippen LogP contribution is 2.37. The number of hydrogen-bond acceptors (Lipinski definition) is 3. The maximum atomic E-state index is 12.7. The fraction of sp³-hybridized carbons (Fsp3) is 0.571. The number of ether oxygens (including phenoxy) is 1. The molecule has 1 amide bonds. The number of fused-ring (bicyclic) bond motifs is 2. The standard InChI is InChI=1S/C21H30N2O2/c1-5-9-18-19-13-12-17(15-23(18)20(24)25-21(2,3)4)22(19)14-16-10-7-6-8-11-16/h5-8,10-11,17-19H,1,9,12-15H2,2-4H3/t17-,18?,19+/m1/s1. The molecule has 2 heterocycles. The maximum Gasteiger partial charge on any atom is 0.410 e. The number of hydrogen-bond donors (Lipinski definition) is 0. The molecule has 3 rings (SSSR count). The van der Waals surface area contributed by atoms with Crippen LogP contribution in [-0.4, -0.2) is 46.2 Å². The van der Waals surface area contributed by atoms with Crippen LogP contribution in [0.3, 0.4) is 0 Å². The largest absolute Gasteiger partial charge is 0.444 e. The van der Waals surface area contributed by atoms with Crippen LogP contribution in [0.1, 0.15) is 45.6 Å². The molecule has 1 aromatic carbocycles. The molecule has 2 fully saturated rings. The molecule has 4 nitrogen and oxygen atoms in total. The van der Waals surface area contributed by atoms with Gasteiger partial charge in [-0.15, -0.1) is 6.58 Å². The number of carbonyl (C=O) groups is 1. The zero-order valence-electron chi connectivity index (χ0n) is 15.6. The maximum absolute atomic E-state index is 12.7. The van der Waals surface area contributed by atoms with E-state index in [0.717, 1.165) is 32.4 Å². The Hall–Kier alpha value is -1.81. The summed E-state index contributed by atoms with van der Waals surface area (Å²) in [5.41, 5.74) is 0.873. The smallest absolute Gasteiger partial charge is 0.410 e. The van der Waals surface area contributed by atoms with Gasteiger partial charge in [-0.2, -0.15) is 0 Å². The normalized spacial score (nSPS) is 26.5. The highest BCUT2D eigenvalue weighted by atomic mass is 16.6. The molecule has 136 valence electrons. The van der Waals surface area contributed by atoms with E-state index in [0.29, 0.717) is 12.1 Å². The van der Waals surface area contributed by atoms with Crippen LogP contribution in [0, 0.1) is 0 Å². The number of likely N-dealkylation sites (tertiary alicyclic amines) is 1. The van der Waals surface area contributed by atoms with Crippen LogP contribution in [0.15, 0.2) is 43.0 Å². The van der Waals surface area contributed by atoms with Crippen molar-refractivity contribution in [1.82, 2.24) is 9.80 Å². The summed E-state index contributed by atoms with van der Waals surface area (Å²) in [5, 5.41) is 0. The minimum Gasteiger partial charge on any atom is -0.444 e. The SMILES string of the molecule is C=CCC1[C@@H]2CC[C@H](CN1C(=O)OC(C)(C)C)N2Cc1ccccc1. The molecule has 4 heteroatoms. The average molecular weight is 342 g/mol. The Bertz CT molecular complexity index is 608. The van der Waals surface area contributed by atoms with Crippen molar-refractivity contribution in [2.75, 3.05) is 6.54 Å². The molecule has 0 aromatic heterocycles. The number of carbonyl (C=O) groups excluding carboxylic acids is 1. The van der Waals surface area contributed by atoms with Crippen molar-refractivity contribution in [1.29, 1.82) is 0 Å². The third-order valence-corrected chi connectivity index (χ3v) is 5.19. The summed E-state index contributed by atoms with van der Waals surface area (Å²) in [4.78, 5) is 17.3. The van der Waals surface area contributed by atoms with Crippen molar-refractivity contribution in [2.24, 2.45) is 0 Å². The second-order valence-electron chi connectivity index (χ2n) is 8.18. The highest BCUT2D eigenvalue weighted by Gasteiger charge is 2.47. The van der Waals surface area contributed by atoms with Crippen molar-refractivity contribution in [3.05, 3.63) is 48.6 Å². The predicted molar refractivity (Wildman–Crippen MR) is 100 cm³/mol. The van der Waals surface area contributed by atoms with E-state index >= 15 is 0 Å². The molecule has 0 N–H and O–H groups in total. The number of nitrogens with zero attached hydrogens (tertiary/aromatic N) is 2. The molecule has 2 saturated heterocycles. The van der Waals surface area contributed by atoms with E-state index in [1.807, 2.05) is 31.7 Å². The van der Waals surface area contributed by atoms with Gasteiger partial charge in [0.05, 0.1) is 6.04 Å². The Balaban J connectivity index is 1.78. The minimum absolute atomic E-state index is 0.148. The second kappa shape index (κ2) is 7.20. The Labute approximate surface area is 151 Å². The van der Waals surface area contributed by atoms with Crippen LogP contribution < -0.4 is 0 Å². The van der Waals surface area contributed by atoms with Crippen LogP contribution >= 0.6 is 0 Å². The summed E-state index contributed by atoms with van der Waals surface area (Å²) in [6.45, 7) is 11.4. The van der Waals surface area contributed by atoms with Gasteiger partial charge in [-0.3, -0.25) is 4.90 Å². The lowest BCUT2D eigenvalue weighted by molar-refractivity contribution is -0.0232. The van der Waals surface area contributed by atoms with Crippen molar-refractivity contribution < 1.29 is 9.53 Å². The second-order valence-corrected chi connectivity index (χ2v) is 8.18. The lowest BCUT2D eigenvalue weighted by atomic mass is 9.99. The van der Waals surface area contributed by atoms with E-state index in [1.165, 1.54) is 5.56 Å². The van der Waals surface area contributed by atoms with Gasteiger partial charge in [-0.05, 0) is 45.6 Å². The summed E-state index contributed by atoms with van der Waals surface area (Å²) >= 11 is 0. The zero-order valence-corrected chi connectivity index (χ0v) is 15.6. The number of piperazine rings is 1. The summed E-state index contributed by atoms with van der Waals surface area (Å²) in [7, 11) is 0. The molecule has 0 radical (unpaired) electrons. The van der Waals surface area contributed by atoms with Crippen LogP contribution in [0.25, 0.3) is 0 Å². The average Bonchev–Trinajstić information content (AvgIpc) is 2.82. The minimum atomic E-state index is -0.462. The number of benzene rings is 1. The molecular weight excluding hydrogens is 312 g/mol. The molecule has 0 spiro atoms. The first-order chi connectivity index (χ1) is 11.9. The lowest BCUT2D eigenvalue weighted by Gasteiger charge is -2.47.